The van der Waals surface area contributed by atoms with Gasteiger partial charge in [0, 0.05) is 47.2 Å². The number of imidazole rings is 1. The summed E-state index contributed by atoms with van der Waals surface area (Å²) in [5.74, 6) is 2.78. The molecular weight excluding hydrogens is 937 g/mol. The van der Waals surface area contributed by atoms with Gasteiger partial charge in [-0.1, -0.05) is 137 Å². The van der Waals surface area contributed by atoms with Crippen LogP contribution in [0, 0.1) is 19.0 Å². The van der Waals surface area contributed by atoms with Crippen molar-refractivity contribution in [1.82, 2.24) is 19.5 Å². The minimum absolute atomic E-state index is 0. The Morgan fingerprint density at radius 1 is 0.710 bits per heavy atom. The van der Waals surface area contributed by atoms with Crippen molar-refractivity contribution < 1.29 is 28.6 Å². The van der Waals surface area contributed by atoms with Crippen LogP contribution in [0.3, 0.4) is 0 Å². The summed E-state index contributed by atoms with van der Waals surface area (Å²) in [6.07, 6.45) is 7.96. The van der Waals surface area contributed by atoms with Gasteiger partial charge in [-0.15, -0.1) is 53.6 Å². The van der Waals surface area contributed by atoms with Crippen molar-refractivity contribution in [2.75, 3.05) is 0 Å². The number of benzene rings is 6. The van der Waals surface area contributed by atoms with Crippen molar-refractivity contribution in [3.8, 4) is 50.9 Å². The van der Waals surface area contributed by atoms with E-state index in [1.54, 1.807) is 18.2 Å². The molecule has 10 rings (SSSR count). The van der Waals surface area contributed by atoms with Crippen LogP contribution < -0.4 is 0 Å². The average Bonchev–Trinajstić information content (AvgIpc) is 3.94. The van der Waals surface area contributed by atoms with Gasteiger partial charge in [0.2, 0.25) is 5.89 Å². The summed E-state index contributed by atoms with van der Waals surface area (Å²) in [6, 6.07) is 54.2. The maximum atomic E-state index is 7.23. The molecule has 0 saturated heterocycles. The molecule has 0 unspecified atom stereocenters. The predicted octanol–water partition coefficient (Wildman–Crippen LogP) is 15.1. The fraction of sp³-hybridized carbons (Fsp3) is 0.232. The molecule has 1 radical (unpaired) electrons. The molecule has 313 valence electrons. The topological polar surface area (TPSA) is 56.7 Å². The first kappa shape index (κ1) is 38.9. The number of aromatic nitrogens is 4. The second-order valence-corrected chi connectivity index (χ2v) is 16.7. The Morgan fingerprint density at radius 2 is 1.44 bits per heavy atom. The van der Waals surface area contributed by atoms with E-state index in [1.165, 1.54) is 60.7 Å². The monoisotopic (exact) mass is 992 g/mol. The minimum Gasteiger partial charge on any atom is -0.484 e. The van der Waals surface area contributed by atoms with Gasteiger partial charge in [0.25, 0.3) is 0 Å². The maximum Gasteiger partial charge on any atom is 0.216 e. The number of pyridine rings is 1. The van der Waals surface area contributed by atoms with Gasteiger partial charge in [-0.3, -0.25) is 4.98 Å². The Labute approximate surface area is 383 Å². The van der Waals surface area contributed by atoms with E-state index in [1.807, 2.05) is 48.5 Å². The van der Waals surface area contributed by atoms with Gasteiger partial charge in [-0.05, 0) is 95.2 Å². The molecule has 6 heteroatoms. The van der Waals surface area contributed by atoms with Crippen LogP contribution in [0.5, 0.6) is 0 Å². The second kappa shape index (κ2) is 19.0. The van der Waals surface area contributed by atoms with E-state index in [-0.39, 0.29) is 25.7 Å². The average molecular weight is 992 g/mol. The Morgan fingerprint density at radius 3 is 2.11 bits per heavy atom. The van der Waals surface area contributed by atoms with Gasteiger partial charge in [-0.25, -0.2) is 4.98 Å². The molecule has 1 fully saturated rings. The van der Waals surface area contributed by atoms with Crippen LogP contribution in [-0.2, 0) is 20.1 Å². The van der Waals surface area contributed by atoms with Gasteiger partial charge < -0.3 is 14.0 Å². The summed E-state index contributed by atoms with van der Waals surface area (Å²) in [4.78, 5) is 14.5. The van der Waals surface area contributed by atoms with Gasteiger partial charge >= 0.3 is 0 Å². The number of hydrogen-bond donors (Lipinski definition) is 0. The van der Waals surface area contributed by atoms with Crippen molar-refractivity contribution in [3.63, 3.8) is 0 Å². The molecule has 6 aromatic carbocycles. The van der Waals surface area contributed by atoms with Crippen LogP contribution >= 0.6 is 0 Å². The first-order valence-corrected chi connectivity index (χ1v) is 21.6. The van der Waals surface area contributed by atoms with E-state index in [9.17, 15) is 0 Å². The maximum absolute atomic E-state index is 7.23. The number of oxazole rings is 1. The molecule has 5 nitrogen and oxygen atoms in total. The largest absolute Gasteiger partial charge is 0.484 e. The number of nitrogens with zero attached hydrogens (tertiary/aromatic N) is 4. The minimum atomic E-state index is -2.09. The number of fused-ring (bicyclic) bond motifs is 2. The number of hydrogen-bond acceptors (Lipinski definition) is 4. The molecule has 0 bridgehead atoms. The molecule has 9 aromatic rings. The fourth-order valence-corrected chi connectivity index (χ4v) is 8.68. The summed E-state index contributed by atoms with van der Waals surface area (Å²) in [7, 11) is 0. The Hall–Kier alpha value is -5.94. The summed E-state index contributed by atoms with van der Waals surface area (Å²) in [5.41, 5.74) is 14.6. The summed E-state index contributed by atoms with van der Waals surface area (Å²) < 4.78 is 30.6. The molecule has 3 heterocycles. The van der Waals surface area contributed by atoms with Gasteiger partial charge in [0.05, 0.1) is 22.4 Å². The van der Waals surface area contributed by atoms with E-state index in [0.717, 1.165) is 56.0 Å². The van der Waals surface area contributed by atoms with E-state index in [4.69, 9.17) is 18.5 Å². The normalized spacial score (nSPS) is 13.9. The van der Waals surface area contributed by atoms with Crippen LogP contribution in [0.25, 0.3) is 73.0 Å². The Balaban J connectivity index is 0.000000287. The van der Waals surface area contributed by atoms with Crippen molar-refractivity contribution in [3.05, 3.63) is 180 Å². The fourth-order valence-electron chi connectivity index (χ4n) is 8.68. The molecule has 0 amide bonds. The third kappa shape index (κ3) is 8.86. The first-order valence-electron chi connectivity index (χ1n) is 23.1. The zero-order chi connectivity index (χ0) is 44.4. The zero-order valence-electron chi connectivity index (χ0n) is 38.7. The summed E-state index contributed by atoms with van der Waals surface area (Å²) >= 11 is 0. The molecule has 1 saturated carbocycles. The smallest absolute Gasteiger partial charge is 0.216 e. The Bertz CT molecular complexity index is 2980. The Kier molecular flexibility index (Phi) is 11.9. The van der Waals surface area contributed by atoms with Crippen molar-refractivity contribution >= 4 is 22.1 Å². The quantitative estimate of drug-likeness (QED) is 0.142. The second-order valence-electron chi connectivity index (χ2n) is 16.7. The molecule has 3 aromatic heterocycles. The third-order valence-electron chi connectivity index (χ3n) is 11.8. The van der Waals surface area contributed by atoms with Crippen LogP contribution in [0.2, 0.25) is 0 Å². The SMILES string of the molecule is CC(C)c1cccc(C(C)C)c1-n1c(-c2[c-]c3nc(-c4ccccc4)oc3c(-c3ccc(C4CCCCC4)cc3)c2)nc2ccccc21.[2H]C([2H])([2H])c1ccc(-c2[c-]cccc2)nc1.[Ir]. The van der Waals surface area contributed by atoms with Crippen LogP contribution in [0.1, 0.15) is 104 Å². The van der Waals surface area contributed by atoms with Crippen LogP contribution in [0.15, 0.2) is 150 Å². The first-order chi connectivity index (χ1) is 31.0. The number of aryl methyl sites for hydroxylation is 1. The van der Waals surface area contributed by atoms with Crippen molar-refractivity contribution in [1.29, 1.82) is 0 Å². The molecule has 0 aliphatic heterocycles. The van der Waals surface area contributed by atoms with E-state index in [0.29, 0.717) is 29.2 Å². The molecular formula is C56H52IrN4O-2. The van der Waals surface area contributed by atoms with Crippen molar-refractivity contribution in [2.45, 2.75) is 84.4 Å². The predicted molar refractivity (Wildman–Crippen MR) is 251 cm³/mol. The van der Waals surface area contributed by atoms with Crippen LogP contribution in [0.4, 0.5) is 0 Å². The van der Waals surface area contributed by atoms with E-state index in [2.05, 4.69) is 122 Å². The number of rotatable bonds is 8. The van der Waals surface area contributed by atoms with Gasteiger partial charge in [0.15, 0.2) is 0 Å². The third-order valence-corrected chi connectivity index (χ3v) is 11.8. The van der Waals surface area contributed by atoms with Crippen LogP contribution in [-0.4, -0.2) is 19.5 Å². The van der Waals surface area contributed by atoms with E-state index >= 15 is 0 Å². The molecule has 1 aliphatic rings. The standard InChI is InChI=1S/C44H42N3O.C12H10N.Ir/c1-28(2)35-18-13-19-36(29(3)4)41(35)47-40-21-12-11-20-38(40)45-43(47)34-26-37(32-24-22-31(23-25-32)30-14-7-5-8-15-30)42-39(27-34)46-44(48-42)33-16-9-6-10-17-33;1-10-7-8-12(13-9-10)11-5-3-2-4-6-11;/h6,9-13,16-26,28-30H,5,7-8,14-15H2,1-4H3;2-5,7-9H,1H3;/q2*-1;/i;1D3;. The van der Waals surface area contributed by atoms with E-state index < -0.39 is 6.85 Å². The molecule has 0 spiro atoms. The molecule has 1 aliphatic carbocycles. The molecule has 62 heavy (non-hydrogen) atoms. The van der Waals surface area contributed by atoms with Crippen molar-refractivity contribution in [2.24, 2.45) is 0 Å². The summed E-state index contributed by atoms with van der Waals surface area (Å²) in [5, 5.41) is 0. The summed E-state index contributed by atoms with van der Waals surface area (Å²) in [6.45, 7) is 7.00. The van der Waals surface area contributed by atoms with Gasteiger partial charge in [0.1, 0.15) is 0 Å². The molecule has 0 N–H and O–H groups in total. The zero-order valence-corrected chi connectivity index (χ0v) is 38.0. The molecule has 0 atom stereocenters. The van der Waals surface area contributed by atoms with Gasteiger partial charge in [-0.2, -0.15) is 0 Å². The number of para-hydroxylation sites is 3.